The first-order valence-electron chi connectivity index (χ1n) is 10.8. The topological polar surface area (TPSA) is 64.0 Å². The predicted octanol–water partition coefficient (Wildman–Crippen LogP) is 5.77. The maximum atomic E-state index is 14.6. The molecule has 4 aromatic rings. The van der Waals surface area contributed by atoms with Crippen molar-refractivity contribution in [2.45, 2.75) is 31.3 Å². The number of carbonyl (C=O) groups excluding carboxylic acids is 1. The van der Waals surface area contributed by atoms with Gasteiger partial charge in [-0.05, 0) is 54.3 Å². The largest absolute Gasteiger partial charge is 0.325 e. The third kappa shape index (κ3) is 4.98. The summed E-state index contributed by atoms with van der Waals surface area (Å²) in [5.74, 6) is -0.297. The minimum Gasteiger partial charge on any atom is -0.325 e. The van der Waals surface area contributed by atoms with Crippen molar-refractivity contribution >= 4 is 34.3 Å². The highest BCUT2D eigenvalue weighted by molar-refractivity contribution is 7.99. The molecule has 5 nitrogen and oxygen atoms in total. The molecular formula is C26H24FN3O2S. The average Bonchev–Trinajstić information content (AvgIpc) is 2.83. The number of hydrogen-bond donors (Lipinski definition) is 1. The highest BCUT2D eigenvalue weighted by Gasteiger charge is 2.17. The smallest absolute Gasteiger partial charge is 0.266 e. The Morgan fingerprint density at radius 2 is 1.76 bits per heavy atom. The van der Waals surface area contributed by atoms with Crippen molar-refractivity contribution < 1.29 is 9.18 Å². The lowest BCUT2D eigenvalue weighted by Crippen LogP contribution is -2.23. The van der Waals surface area contributed by atoms with Gasteiger partial charge in [-0.3, -0.25) is 14.2 Å². The molecule has 0 saturated carbocycles. The molecule has 3 aromatic carbocycles. The first kappa shape index (κ1) is 22.7. The van der Waals surface area contributed by atoms with Crippen molar-refractivity contribution in [1.82, 2.24) is 9.55 Å². The van der Waals surface area contributed by atoms with Crippen LogP contribution in [0.25, 0.3) is 16.6 Å². The highest BCUT2D eigenvalue weighted by Crippen LogP contribution is 2.24. The fourth-order valence-corrected chi connectivity index (χ4v) is 4.32. The molecule has 0 radical (unpaired) electrons. The van der Waals surface area contributed by atoms with E-state index in [4.69, 9.17) is 0 Å². The van der Waals surface area contributed by atoms with Crippen molar-refractivity contribution in [2.75, 3.05) is 11.1 Å². The number of halogens is 1. The van der Waals surface area contributed by atoms with Crippen LogP contribution in [0.3, 0.4) is 0 Å². The number of carbonyl (C=O) groups is 1. The van der Waals surface area contributed by atoms with E-state index in [1.165, 1.54) is 22.3 Å². The van der Waals surface area contributed by atoms with Crippen LogP contribution in [0.5, 0.6) is 0 Å². The number of thioether (sulfide) groups is 1. The van der Waals surface area contributed by atoms with E-state index in [-0.39, 0.29) is 28.1 Å². The molecule has 0 spiro atoms. The van der Waals surface area contributed by atoms with Crippen LogP contribution in [-0.2, 0) is 4.79 Å². The fraction of sp³-hybridized carbons (Fsp3) is 0.192. The summed E-state index contributed by atoms with van der Waals surface area (Å²) in [4.78, 5) is 30.3. The van der Waals surface area contributed by atoms with Crippen LogP contribution in [0.4, 0.5) is 10.1 Å². The van der Waals surface area contributed by atoms with Gasteiger partial charge in [-0.1, -0.05) is 62.0 Å². The van der Waals surface area contributed by atoms with Gasteiger partial charge in [-0.25, -0.2) is 9.37 Å². The molecule has 168 valence electrons. The number of hydrogen-bond acceptors (Lipinski definition) is 4. The average molecular weight is 462 g/mol. The van der Waals surface area contributed by atoms with Crippen LogP contribution in [0.2, 0.25) is 0 Å². The summed E-state index contributed by atoms with van der Waals surface area (Å²) < 4.78 is 15.8. The van der Waals surface area contributed by atoms with E-state index in [1.807, 2.05) is 24.3 Å². The van der Waals surface area contributed by atoms with Crippen molar-refractivity contribution in [2.24, 2.45) is 0 Å². The molecule has 0 saturated heterocycles. The molecule has 4 rings (SSSR count). The summed E-state index contributed by atoms with van der Waals surface area (Å²) in [6.45, 7) is 4.30. The van der Waals surface area contributed by atoms with E-state index in [1.54, 1.807) is 36.4 Å². The molecule has 1 aromatic heterocycles. The zero-order valence-electron chi connectivity index (χ0n) is 18.4. The molecule has 7 heteroatoms. The van der Waals surface area contributed by atoms with Gasteiger partial charge in [0.05, 0.1) is 22.3 Å². The maximum absolute atomic E-state index is 14.6. The van der Waals surface area contributed by atoms with Crippen LogP contribution in [0, 0.1) is 5.82 Å². The molecule has 1 heterocycles. The van der Waals surface area contributed by atoms with Gasteiger partial charge in [0.2, 0.25) is 5.91 Å². The number of anilines is 1. The maximum Gasteiger partial charge on any atom is 0.266 e. The third-order valence-electron chi connectivity index (χ3n) is 5.55. The minimum atomic E-state index is -0.538. The second-order valence-electron chi connectivity index (χ2n) is 7.77. The SMILES string of the molecule is CCC(C)c1ccc(NC(=O)CSc2nc3ccccc3c(=O)n2-c2ccccc2F)cc1. The first-order chi connectivity index (χ1) is 16.0. The number of aromatic nitrogens is 2. The van der Waals surface area contributed by atoms with Crippen molar-refractivity contribution in [3.05, 3.63) is 94.5 Å². The molecule has 1 atom stereocenters. The summed E-state index contributed by atoms with van der Waals surface area (Å²) in [6.07, 6.45) is 1.05. The van der Waals surface area contributed by atoms with E-state index in [2.05, 4.69) is 24.1 Å². The Bertz CT molecular complexity index is 1350. The monoisotopic (exact) mass is 461 g/mol. The Morgan fingerprint density at radius 3 is 2.48 bits per heavy atom. The Kier molecular flexibility index (Phi) is 6.89. The lowest BCUT2D eigenvalue weighted by Gasteiger charge is -2.14. The van der Waals surface area contributed by atoms with E-state index in [9.17, 15) is 14.0 Å². The summed E-state index contributed by atoms with van der Waals surface area (Å²) >= 11 is 1.09. The molecule has 0 aliphatic heterocycles. The molecule has 1 N–H and O–H groups in total. The van der Waals surface area contributed by atoms with Crippen LogP contribution in [0.15, 0.2) is 82.7 Å². The van der Waals surface area contributed by atoms with Gasteiger partial charge >= 0.3 is 0 Å². The molecule has 33 heavy (non-hydrogen) atoms. The normalized spacial score (nSPS) is 12.0. The molecule has 0 aliphatic rings. The van der Waals surface area contributed by atoms with Gasteiger partial charge < -0.3 is 5.32 Å². The van der Waals surface area contributed by atoms with Gasteiger partial charge in [0, 0.05) is 5.69 Å². The Balaban J connectivity index is 1.59. The molecule has 0 aliphatic carbocycles. The number of rotatable bonds is 7. The Morgan fingerprint density at radius 1 is 1.06 bits per heavy atom. The van der Waals surface area contributed by atoms with Crippen LogP contribution in [-0.4, -0.2) is 21.2 Å². The number of nitrogens with one attached hydrogen (secondary N) is 1. The van der Waals surface area contributed by atoms with E-state index < -0.39 is 5.82 Å². The van der Waals surface area contributed by atoms with Crippen LogP contribution in [0.1, 0.15) is 31.7 Å². The van der Waals surface area contributed by atoms with Gasteiger partial charge in [0.15, 0.2) is 5.16 Å². The third-order valence-corrected chi connectivity index (χ3v) is 6.49. The second-order valence-corrected chi connectivity index (χ2v) is 8.71. The van der Waals surface area contributed by atoms with E-state index in [0.717, 1.165) is 18.2 Å². The number of para-hydroxylation sites is 2. The van der Waals surface area contributed by atoms with E-state index >= 15 is 0 Å². The first-order valence-corrected chi connectivity index (χ1v) is 11.8. The van der Waals surface area contributed by atoms with Gasteiger partial charge in [0.1, 0.15) is 5.82 Å². The van der Waals surface area contributed by atoms with Crippen molar-refractivity contribution in [1.29, 1.82) is 0 Å². The summed E-state index contributed by atoms with van der Waals surface area (Å²) in [5, 5.41) is 3.51. The number of fused-ring (bicyclic) bond motifs is 1. The van der Waals surface area contributed by atoms with Gasteiger partial charge in [0.25, 0.3) is 5.56 Å². The summed E-state index contributed by atoms with van der Waals surface area (Å²) in [5.41, 5.74) is 2.14. The lowest BCUT2D eigenvalue weighted by molar-refractivity contribution is -0.113. The van der Waals surface area contributed by atoms with Crippen molar-refractivity contribution in [3.8, 4) is 5.69 Å². The molecule has 1 unspecified atom stereocenters. The molecule has 0 fully saturated rings. The number of benzene rings is 3. The number of amides is 1. The second kappa shape index (κ2) is 10.0. The number of nitrogens with zero attached hydrogens (tertiary/aromatic N) is 2. The molecular weight excluding hydrogens is 437 g/mol. The molecule has 0 bridgehead atoms. The highest BCUT2D eigenvalue weighted by atomic mass is 32.2. The van der Waals surface area contributed by atoms with Crippen molar-refractivity contribution in [3.63, 3.8) is 0 Å². The summed E-state index contributed by atoms with van der Waals surface area (Å²) in [7, 11) is 0. The predicted molar refractivity (Wildman–Crippen MR) is 132 cm³/mol. The van der Waals surface area contributed by atoms with Crippen LogP contribution < -0.4 is 10.9 Å². The quantitative estimate of drug-likeness (QED) is 0.280. The minimum absolute atomic E-state index is 0.0202. The lowest BCUT2D eigenvalue weighted by atomic mass is 9.99. The Labute approximate surface area is 195 Å². The molecule has 1 amide bonds. The zero-order valence-corrected chi connectivity index (χ0v) is 19.2. The van der Waals surface area contributed by atoms with Gasteiger partial charge in [-0.2, -0.15) is 0 Å². The standard InChI is InChI=1S/C26H24FN3O2S/c1-3-17(2)18-12-14-19(15-13-18)28-24(31)16-33-26-29-22-10-6-4-8-20(22)25(32)30(26)23-11-7-5-9-21(23)27/h4-15,17H,3,16H2,1-2H3,(H,28,31). The van der Waals surface area contributed by atoms with Gasteiger partial charge in [-0.15, -0.1) is 0 Å². The fourth-order valence-electron chi connectivity index (χ4n) is 3.51. The van der Waals surface area contributed by atoms with E-state index in [0.29, 0.717) is 22.5 Å². The summed E-state index contributed by atoms with van der Waals surface area (Å²) in [6, 6.07) is 20.7. The van der Waals surface area contributed by atoms with Crippen LogP contribution >= 0.6 is 11.8 Å². The Hall–Kier alpha value is -3.45. The zero-order chi connectivity index (χ0) is 23.4.